The molecule has 0 bridgehead atoms. The third-order valence-corrected chi connectivity index (χ3v) is 3.37. The molecule has 0 aliphatic rings. The molecule has 0 saturated carbocycles. The van der Waals surface area contributed by atoms with E-state index in [9.17, 15) is 0 Å². The predicted octanol–water partition coefficient (Wildman–Crippen LogP) is 3.79. The second-order valence-electron chi connectivity index (χ2n) is 4.76. The van der Waals surface area contributed by atoms with Crippen molar-refractivity contribution in [2.24, 2.45) is 0 Å². The summed E-state index contributed by atoms with van der Waals surface area (Å²) in [5, 5.41) is 3.90. The van der Waals surface area contributed by atoms with Gasteiger partial charge >= 0.3 is 0 Å². The normalized spacial score (nSPS) is 13.9. The smallest absolute Gasteiger partial charge is 0.197 e. The second-order valence-corrected chi connectivity index (χ2v) is 5.11. The summed E-state index contributed by atoms with van der Waals surface area (Å²) in [5.74, 6) is 0. The molecular weight excluding hydrogens is 238 g/mol. The van der Waals surface area contributed by atoms with Gasteiger partial charge in [0.05, 0.1) is 11.9 Å². The zero-order valence-corrected chi connectivity index (χ0v) is 11.8. The lowest BCUT2D eigenvalue weighted by Crippen LogP contribution is -2.27. The van der Waals surface area contributed by atoms with Crippen LogP contribution in [0, 0.1) is 0 Å². The summed E-state index contributed by atoms with van der Waals surface area (Å²) in [7, 11) is 1.74. The highest BCUT2D eigenvalue weighted by atomic mass is 35.5. The Morgan fingerprint density at radius 3 is 2.71 bits per heavy atom. The van der Waals surface area contributed by atoms with Crippen LogP contribution in [-0.4, -0.2) is 19.3 Å². The number of furan rings is 1. The molecule has 17 heavy (non-hydrogen) atoms. The molecule has 0 aromatic carbocycles. The summed E-state index contributed by atoms with van der Waals surface area (Å²) in [6.07, 6.45) is 3.56. The third-order valence-electron chi connectivity index (χ3n) is 3.06. The average molecular weight is 260 g/mol. The Bertz CT molecular complexity index is 336. The van der Waals surface area contributed by atoms with E-state index in [0.717, 1.165) is 24.9 Å². The van der Waals surface area contributed by atoms with Crippen LogP contribution < -0.4 is 5.32 Å². The van der Waals surface area contributed by atoms with Gasteiger partial charge in [0, 0.05) is 18.7 Å². The van der Waals surface area contributed by atoms with Crippen LogP contribution in [0.15, 0.2) is 16.7 Å². The predicted molar refractivity (Wildman–Crippen MR) is 70.5 cm³/mol. The van der Waals surface area contributed by atoms with Crippen LogP contribution in [0.4, 0.5) is 0 Å². The number of methoxy groups -OCH3 is 1. The van der Waals surface area contributed by atoms with Crippen molar-refractivity contribution in [3.63, 3.8) is 0 Å². The molecule has 0 aliphatic carbocycles. The zero-order chi connectivity index (χ0) is 12.9. The van der Waals surface area contributed by atoms with Crippen LogP contribution in [0.5, 0.6) is 0 Å². The topological polar surface area (TPSA) is 34.4 Å². The van der Waals surface area contributed by atoms with Crippen molar-refractivity contribution in [3.05, 3.63) is 23.1 Å². The van der Waals surface area contributed by atoms with Gasteiger partial charge in [-0.3, -0.25) is 0 Å². The molecule has 0 radical (unpaired) electrons. The van der Waals surface area contributed by atoms with E-state index in [-0.39, 0.29) is 11.6 Å². The van der Waals surface area contributed by atoms with Crippen LogP contribution in [0.25, 0.3) is 0 Å². The van der Waals surface area contributed by atoms with Gasteiger partial charge in [0.1, 0.15) is 0 Å². The summed E-state index contributed by atoms with van der Waals surface area (Å²) in [4.78, 5) is 0. The summed E-state index contributed by atoms with van der Waals surface area (Å²) < 4.78 is 10.6. The van der Waals surface area contributed by atoms with Crippen molar-refractivity contribution < 1.29 is 9.15 Å². The van der Waals surface area contributed by atoms with Gasteiger partial charge in [0.15, 0.2) is 5.22 Å². The molecule has 1 N–H and O–H groups in total. The summed E-state index contributed by atoms with van der Waals surface area (Å²) >= 11 is 6.02. The molecule has 0 spiro atoms. The average Bonchev–Trinajstić information content (AvgIpc) is 2.71. The van der Waals surface area contributed by atoms with Crippen molar-refractivity contribution in [3.8, 4) is 0 Å². The molecule has 0 amide bonds. The van der Waals surface area contributed by atoms with Crippen molar-refractivity contribution in [1.82, 2.24) is 5.32 Å². The lowest BCUT2D eigenvalue weighted by Gasteiger charge is -2.26. The fourth-order valence-corrected chi connectivity index (χ4v) is 2.01. The molecule has 1 heterocycles. The molecule has 0 fully saturated rings. The highest BCUT2D eigenvalue weighted by molar-refractivity contribution is 6.29. The Balaban J connectivity index is 2.65. The lowest BCUT2D eigenvalue weighted by atomic mass is 9.96. The van der Waals surface area contributed by atoms with Crippen LogP contribution in [0.3, 0.4) is 0 Å². The van der Waals surface area contributed by atoms with Crippen molar-refractivity contribution in [2.45, 2.75) is 45.3 Å². The quantitative estimate of drug-likeness (QED) is 0.809. The van der Waals surface area contributed by atoms with Gasteiger partial charge in [0.25, 0.3) is 0 Å². The van der Waals surface area contributed by atoms with Crippen LogP contribution >= 0.6 is 11.6 Å². The van der Waals surface area contributed by atoms with Crippen LogP contribution in [-0.2, 0) is 4.74 Å². The van der Waals surface area contributed by atoms with E-state index in [4.69, 9.17) is 20.8 Å². The molecule has 0 aliphatic heterocycles. The van der Waals surface area contributed by atoms with Crippen LogP contribution in [0.2, 0.25) is 5.22 Å². The van der Waals surface area contributed by atoms with E-state index in [2.05, 4.69) is 26.1 Å². The molecule has 1 atom stereocenters. The monoisotopic (exact) mass is 259 g/mol. The largest absolute Gasteiger partial charge is 0.453 e. The van der Waals surface area contributed by atoms with Crippen molar-refractivity contribution in [1.29, 1.82) is 0 Å². The first-order valence-electron chi connectivity index (χ1n) is 6.01. The maximum absolute atomic E-state index is 6.02. The Morgan fingerprint density at radius 1 is 1.53 bits per heavy atom. The maximum Gasteiger partial charge on any atom is 0.197 e. The highest BCUT2D eigenvalue weighted by Gasteiger charge is 2.22. The fraction of sp³-hybridized carbons (Fsp3) is 0.692. The summed E-state index contributed by atoms with van der Waals surface area (Å²) in [6, 6.07) is 2.15. The molecule has 1 rings (SSSR count). The van der Waals surface area contributed by atoms with Gasteiger partial charge in [-0.25, -0.2) is 0 Å². The maximum atomic E-state index is 6.02. The van der Waals surface area contributed by atoms with E-state index < -0.39 is 0 Å². The molecule has 3 nitrogen and oxygen atoms in total. The van der Waals surface area contributed by atoms with Gasteiger partial charge in [0.2, 0.25) is 0 Å². The summed E-state index contributed by atoms with van der Waals surface area (Å²) in [6.45, 7) is 7.17. The van der Waals surface area contributed by atoms with E-state index >= 15 is 0 Å². The first-order chi connectivity index (χ1) is 8.00. The minimum Gasteiger partial charge on any atom is -0.453 e. The number of hydrogen-bond acceptors (Lipinski definition) is 3. The molecular formula is C13H22ClNO2. The first kappa shape index (κ1) is 14.6. The summed E-state index contributed by atoms with van der Waals surface area (Å²) in [5.41, 5.74) is 0.921. The minimum atomic E-state index is -0.107. The Kier molecular flexibility index (Phi) is 5.50. The first-order valence-corrected chi connectivity index (χ1v) is 6.39. The van der Waals surface area contributed by atoms with Gasteiger partial charge in [-0.15, -0.1) is 0 Å². The third kappa shape index (κ3) is 4.34. The number of rotatable bonds is 7. The molecule has 1 aromatic heterocycles. The molecule has 1 unspecified atom stereocenters. The standard InChI is InChI=1S/C13H22ClNO2/c1-5-15-11(6-8-13(2,3)16-4)10-7-9-17-12(10)14/h7,9,11,15H,5-6,8H2,1-4H3. The van der Waals surface area contributed by atoms with Crippen LogP contribution in [0.1, 0.15) is 45.2 Å². The van der Waals surface area contributed by atoms with E-state index in [1.807, 2.05) is 6.07 Å². The Labute approximate surface area is 108 Å². The van der Waals surface area contributed by atoms with E-state index in [1.54, 1.807) is 13.4 Å². The number of ether oxygens (including phenoxy) is 1. The minimum absolute atomic E-state index is 0.107. The van der Waals surface area contributed by atoms with Gasteiger partial charge in [-0.1, -0.05) is 6.92 Å². The Morgan fingerprint density at radius 2 is 2.24 bits per heavy atom. The van der Waals surface area contributed by atoms with Crippen molar-refractivity contribution in [2.75, 3.05) is 13.7 Å². The Hall–Kier alpha value is -0.510. The highest BCUT2D eigenvalue weighted by Crippen LogP contribution is 2.29. The lowest BCUT2D eigenvalue weighted by molar-refractivity contribution is 0.0117. The zero-order valence-electron chi connectivity index (χ0n) is 11.0. The molecule has 0 saturated heterocycles. The molecule has 98 valence electrons. The van der Waals surface area contributed by atoms with Gasteiger partial charge in [-0.2, -0.15) is 0 Å². The van der Waals surface area contributed by atoms with Crippen molar-refractivity contribution >= 4 is 11.6 Å². The van der Waals surface area contributed by atoms with Gasteiger partial charge < -0.3 is 14.5 Å². The van der Waals surface area contributed by atoms with E-state index in [0.29, 0.717) is 5.22 Å². The second kappa shape index (κ2) is 6.43. The molecule has 4 heteroatoms. The van der Waals surface area contributed by atoms with E-state index in [1.165, 1.54) is 0 Å². The number of nitrogens with one attached hydrogen (secondary N) is 1. The number of halogens is 1. The SMILES string of the molecule is CCNC(CCC(C)(C)OC)c1ccoc1Cl. The molecule has 1 aromatic rings. The fourth-order valence-electron chi connectivity index (χ4n) is 1.76. The van der Waals surface area contributed by atoms with Gasteiger partial charge in [-0.05, 0) is 50.9 Å². The number of hydrogen-bond donors (Lipinski definition) is 1.